The van der Waals surface area contributed by atoms with E-state index < -0.39 is 0 Å². The lowest BCUT2D eigenvalue weighted by Gasteiger charge is -2.11. The van der Waals surface area contributed by atoms with Crippen molar-refractivity contribution in [3.63, 3.8) is 0 Å². The monoisotopic (exact) mass is 253 g/mol. The number of nitriles is 1. The van der Waals surface area contributed by atoms with Gasteiger partial charge in [0.25, 0.3) is 0 Å². The molecule has 0 radical (unpaired) electrons. The molecular formula is C16H15NO2. The summed E-state index contributed by atoms with van der Waals surface area (Å²) in [5.74, 6) is 1.22. The molecule has 0 aliphatic carbocycles. The van der Waals surface area contributed by atoms with Gasteiger partial charge in [0.2, 0.25) is 0 Å². The maximum atomic E-state index is 9.12. The van der Waals surface area contributed by atoms with Gasteiger partial charge < -0.3 is 9.84 Å². The SMILES string of the molecule is Cc1ccc(Oc2ccccc2CCO)c(C#N)c1. The Morgan fingerprint density at radius 1 is 1.16 bits per heavy atom. The third kappa shape index (κ3) is 3.12. The van der Waals surface area contributed by atoms with Crippen molar-refractivity contribution in [1.82, 2.24) is 0 Å². The second-order valence-electron chi connectivity index (χ2n) is 4.29. The molecule has 0 aliphatic heterocycles. The zero-order valence-electron chi connectivity index (χ0n) is 10.8. The van der Waals surface area contributed by atoms with Gasteiger partial charge >= 0.3 is 0 Å². The van der Waals surface area contributed by atoms with Crippen LogP contribution in [-0.4, -0.2) is 11.7 Å². The van der Waals surface area contributed by atoms with E-state index in [-0.39, 0.29) is 6.61 Å². The Labute approximate surface area is 112 Å². The van der Waals surface area contributed by atoms with Crippen LogP contribution in [0.4, 0.5) is 0 Å². The predicted octanol–water partition coefficient (Wildman–Crippen LogP) is 3.19. The molecule has 0 atom stereocenters. The van der Waals surface area contributed by atoms with E-state index in [0.717, 1.165) is 11.1 Å². The fraction of sp³-hybridized carbons (Fsp3) is 0.188. The maximum absolute atomic E-state index is 9.12. The molecule has 2 rings (SSSR count). The molecule has 0 spiro atoms. The number of benzene rings is 2. The van der Waals surface area contributed by atoms with E-state index in [1.807, 2.05) is 37.3 Å². The van der Waals surface area contributed by atoms with E-state index in [9.17, 15) is 0 Å². The Hall–Kier alpha value is -2.31. The molecule has 0 aromatic heterocycles. The van der Waals surface area contributed by atoms with Crippen LogP contribution in [0.1, 0.15) is 16.7 Å². The third-order valence-corrected chi connectivity index (χ3v) is 2.83. The molecule has 3 nitrogen and oxygen atoms in total. The minimum absolute atomic E-state index is 0.0688. The zero-order chi connectivity index (χ0) is 13.7. The molecular weight excluding hydrogens is 238 g/mol. The van der Waals surface area contributed by atoms with Crippen LogP contribution >= 0.6 is 0 Å². The Balaban J connectivity index is 2.34. The fourth-order valence-corrected chi connectivity index (χ4v) is 1.87. The highest BCUT2D eigenvalue weighted by atomic mass is 16.5. The first kappa shape index (κ1) is 13.1. The van der Waals surface area contributed by atoms with Gasteiger partial charge in [-0.05, 0) is 42.7 Å². The van der Waals surface area contributed by atoms with E-state index in [2.05, 4.69) is 6.07 Å². The summed E-state index contributed by atoms with van der Waals surface area (Å²) < 4.78 is 5.81. The topological polar surface area (TPSA) is 53.2 Å². The number of aliphatic hydroxyl groups excluding tert-OH is 1. The molecule has 0 saturated carbocycles. The van der Waals surface area contributed by atoms with Gasteiger partial charge in [-0.1, -0.05) is 24.3 Å². The highest BCUT2D eigenvalue weighted by Gasteiger charge is 2.08. The highest BCUT2D eigenvalue weighted by Crippen LogP contribution is 2.28. The average molecular weight is 253 g/mol. The second-order valence-corrected chi connectivity index (χ2v) is 4.29. The molecule has 0 unspecified atom stereocenters. The molecule has 0 fully saturated rings. The lowest BCUT2D eigenvalue weighted by atomic mass is 10.1. The van der Waals surface area contributed by atoms with Crippen molar-refractivity contribution < 1.29 is 9.84 Å². The zero-order valence-corrected chi connectivity index (χ0v) is 10.8. The van der Waals surface area contributed by atoms with E-state index >= 15 is 0 Å². The van der Waals surface area contributed by atoms with E-state index in [1.165, 1.54) is 0 Å². The summed E-state index contributed by atoms with van der Waals surface area (Å²) in [4.78, 5) is 0. The first-order valence-electron chi connectivity index (χ1n) is 6.12. The van der Waals surface area contributed by atoms with Crippen molar-refractivity contribution in [2.45, 2.75) is 13.3 Å². The van der Waals surface area contributed by atoms with Crippen molar-refractivity contribution in [3.05, 3.63) is 59.2 Å². The molecule has 2 aromatic rings. The number of aryl methyl sites for hydroxylation is 1. The fourth-order valence-electron chi connectivity index (χ4n) is 1.87. The number of hydrogen-bond donors (Lipinski definition) is 1. The van der Waals surface area contributed by atoms with Crippen molar-refractivity contribution in [2.75, 3.05) is 6.61 Å². The van der Waals surface area contributed by atoms with Crippen LogP contribution in [0.2, 0.25) is 0 Å². The quantitative estimate of drug-likeness (QED) is 0.910. The minimum atomic E-state index is 0.0688. The van der Waals surface area contributed by atoms with Crippen molar-refractivity contribution in [3.8, 4) is 17.6 Å². The Morgan fingerprint density at radius 2 is 1.95 bits per heavy atom. The van der Waals surface area contributed by atoms with E-state index in [1.54, 1.807) is 12.1 Å². The number of hydrogen-bond acceptors (Lipinski definition) is 3. The lowest BCUT2D eigenvalue weighted by Crippen LogP contribution is -1.96. The van der Waals surface area contributed by atoms with Gasteiger partial charge in [0, 0.05) is 6.61 Å². The summed E-state index contributed by atoms with van der Waals surface area (Å²) in [5, 5.41) is 18.2. The van der Waals surface area contributed by atoms with Crippen LogP contribution in [0.5, 0.6) is 11.5 Å². The largest absolute Gasteiger partial charge is 0.456 e. The molecule has 3 heteroatoms. The molecule has 0 heterocycles. The first-order chi connectivity index (χ1) is 9.24. The number of aliphatic hydroxyl groups is 1. The van der Waals surface area contributed by atoms with Gasteiger partial charge in [-0.3, -0.25) is 0 Å². The van der Waals surface area contributed by atoms with Gasteiger partial charge in [-0.2, -0.15) is 5.26 Å². The second kappa shape index (κ2) is 6.03. The first-order valence-corrected chi connectivity index (χ1v) is 6.12. The third-order valence-electron chi connectivity index (χ3n) is 2.83. The lowest BCUT2D eigenvalue weighted by molar-refractivity contribution is 0.298. The molecule has 96 valence electrons. The van der Waals surface area contributed by atoms with Gasteiger partial charge in [0.1, 0.15) is 17.6 Å². The Morgan fingerprint density at radius 3 is 2.68 bits per heavy atom. The molecule has 19 heavy (non-hydrogen) atoms. The smallest absolute Gasteiger partial charge is 0.145 e. The van der Waals surface area contributed by atoms with Crippen LogP contribution in [-0.2, 0) is 6.42 Å². The van der Waals surface area contributed by atoms with E-state index in [4.69, 9.17) is 15.1 Å². The standard InChI is InChI=1S/C16H15NO2/c1-12-6-7-16(14(10-12)11-17)19-15-5-3-2-4-13(15)8-9-18/h2-7,10,18H,8-9H2,1H3. The maximum Gasteiger partial charge on any atom is 0.145 e. The van der Waals surface area contributed by atoms with E-state index in [0.29, 0.717) is 23.5 Å². The summed E-state index contributed by atoms with van der Waals surface area (Å²) >= 11 is 0. The van der Waals surface area contributed by atoms with Crippen LogP contribution in [0.3, 0.4) is 0 Å². The average Bonchev–Trinajstić information content (AvgIpc) is 2.43. The molecule has 0 bridgehead atoms. The Bertz CT molecular complexity index is 614. The number of rotatable bonds is 4. The van der Waals surface area contributed by atoms with Crippen LogP contribution in [0.25, 0.3) is 0 Å². The number of nitrogens with zero attached hydrogens (tertiary/aromatic N) is 1. The van der Waals surface area contributed by atoms with Crippen LogP contribution in [0, 0.1) is 18.3 Å². The molecule has 1 N–H and O–H groups in total. The summed E-state index contributed by atoms with van der Waals surface area (Å²) in [6, 6.07) is 15.2. The highest BCUT2D eigenvalue weighted by molar-refractivity contribution is 5.48. The van der Waals surface area contributed by atoms with Crippen molar-refractivity contribution in [2.24, 2.45) is 0 Å². The molecule has 0 amide bonds. The normalized spacial score (nSPS) is 9.95. The van der Waals surface area contributed by atoms with Gasteiger partial charge in [0.15, 0.2) is 0 Å². The number of para-hydroxylation sites is 1. The Kier molecular flexibility index (Phi) is 4.17. The molecule has 2 aromatic carbocycles. The molecule has 0 aliphatic rings. The summed E-state index contributed by atoms with van der Waals surface area (Å²) in [6.07, 6.45) is 0.532. The van der Waals surface area contributed by atoms with Gasteiger partial charge in [-0.15, -0.1) is 0 Å². The van der Waals surface area contributed by atoms with Crippen LogP contribution < -0.4 is 4.74 Å². The summed E-state index contributed by atoms with van der Waals surface area (Å²) in [6.45, 7) is 2.00. The van der Waals surface area contributed by atoms with Gasteiger partial charge in [0.05, 0.1) is 5.56 Å². The molecule has 0 saturated heterocycles. The predicted molar refractivity (Wildman–Crippen MR) is 73.2 cm³/mol. The summed E-state index contributed by atoms with van der Waals surface area (Å²) in [7, 11) is 0. The van der Waals surface area contributed by atoms with Crippen LogP contribution in [0.15, 0.2) is 42.5 Å². The van der Waals surface area contributed by atoms with Gasteiger partial charge in [-0.25, -0.2) is 0 Å². The summed E-state index contributed by atoms with van der Waals surface area (Å²) in [5.41, 5.74) is 2.46. The number of ether oxygens (including phenoxy) is 1. The van der Waals surface area contributed by atoms with Crippen molar-refractivity contribution in [1.29, 1.82) is 5.26 Å². The van der Waals surface area contributed by atoms with Crippen molar-refractivity contribution >= 4 is 0 Å². The minimum Gasteiger partial charge on any atom is -0.456 e.